The van der Waals surface area contributed by atoms with Gasteiger partial charge in [0.1, 0.15) is 24.2 Å². The van der Waals surface area contributed by atoms with Crippen LogP contribution < -0.4 is 9.47 Å². The van der Waals surface area contributed by atoms with Crippen LogP contribution in [-0.4, -0.2) is 56.7 Å². The van der Waals surface area contributed by atoms with Crippen LogP contribution in [0.2, 0.25) is 0 Å². The molecule has 19 heavy (non-hydrogen) atoms. The maximum absolute atomic E-state index is 11.4. The van der Waals surface area contributed by atoms with Gasteiger partial charge in [-0.15, -0.1) is 0 Å². The zero-order valence-corrected chi connectivity index (χ0v) is 10.9. The second-order valence-electron chi connectivity index (χ2n) is 4.94. The summed E-state index contributed by atoms with van der Waals surface area (Å²) in [6.45, 7) is 3.23. The first-order valence-corrected chi connectivity index (χ1v) is 6.45. The van der Waals surface area contributed by atoms with Crippen molar-refractivity contribution in [1.82, 2.24) is 4.90 Å². The first kappa shape index (κ1) is 12.4. The summed E-state index contributed by atoms with van der Waals surface area (Å²) in [6.07, 6.45) is 0.0922. The molecule has 1 aromatic rings. The van der Waals surface area contributed by atoms with Gasteiger partial charge in [0, 0.05) is 19.2 Å². The van der Waals surface area contributed by atoms with Crippen molar-refractivity contribution in [3.63, 3.8) is 0 Å². The molecule has 0 saturated carbocycles. The minimum atomic E-state index is 0.0267. The lowest BCUT2D eigenvalue weighted by molar-refractivity contribution is -0.0403. The molecule has 5 heteroatoms. The summed E-state index contributed by atoms with van der Waals surface area (Å²) in [5, 5.41) is 0. The van der Waals surface area contributed by atoms with Crippen LogP contribution in [0.25, 0.3) is 0 Å². The van der Waals surface area contributed by atoms with Crippen molar-refractivity contribution in [3.05, 3.63) is 23.8 Å². The number of nitrogens with zero attached hydrogens (tertiary/aromatic N) is 1. The third-order valence-electron chi connectivity index (χ3n) is 3.39. The smallest absolute Gasteiger partial charge is 0.203 e. The molecule has 5 nitrogen and oxygen atoms in total. The highest BCUT2D eigenvalue weighted by atomic mass is 16.5. The van der Waals surface area contributed by atoms with E-state index in [-0.39, 0.29) is 18.5 Å². The molecule has 102 valence electrons. The Balaban J connectivity index is 1.60. The highest BCUT2D eigenvalue weighted by Gasteiger charge is 2.22. The Morgan fingerprint density at radius 2 is 2.37 bits per heavy atom. The van der Waals surface area contributed by atoms with Gasteiger partial charge >= 0.3 is 0 Å². The van der Waals surface area contributed by atoms with Crippen molar-refractivity contribution >= 4 is 5.78 Å². The molecule has 0 amide bonds. The van der Waals surface area contributed by atoms with E-state index < -0.39 is 0 Å². The van der Waals surface area contributed by atoms with Crippen LogP contribution in [0.15, 0.2) is 18.2 Å². The minimum Gasteiger partial charge on any atom is -0.491 e. The van der Waals surface area contributed by atoms with Crippen molar-refractivity contribution in [1.29, 1.82) is 0 Å². The molecule has 2 heterocycles. The predicted molar refractivity (Wildman–Crippen MR) is 69.0 cm³/mol. The largest absolute Gasteiger partial charge is 0.491 e. The molecule has 0 aromatic heterocycles. The van der Waals surface area contributed by atoms with E-state index in [1.807, 2.05) is 0 Å². The number of benzene rings is 1. The minimum absolute atomic E-state index is 0.0267. The number of ether oxygens (including phenoxy) is 3. The van der Waals surface area contributed by atoms with Crippen molar-refractivity contribution in [3.8, 4) is 11.5 Å². The van der Waals surface area contributed by atoms with Gasteiger partial charge < -0.3 is 19.1 Å². The Morgan fingerprint density at radius 3 is 3.21 bits per heavy atom. The van der Waals surface area contributed by atoms with Crippen LogP contribution in [0.5, 0.6) is 11.5 Å². The second kappa shape index (κ2) is 5.19. The van der Waals surface area contributed by atoms with E-state index in [2.05, 4.69) is 11.9 Å². The van der Waals surface area contributed by atoms with E-state index in [1.165, 1.54) is 0 Å². The van der Waals surface area contributed by atoms with Gasteiger partial charge in [-0.25, -0.2) is 0 Å². The number of carbonyl (C=O) groups excluding carboxylic acids is 1. The zero-order chi connectivity index (χ0) is 13.2. The van der Waals surface area contributed by atoms with Gasteiger partial charge in [-0.3, -0.25) is 4.79 Å². The highest BCUT2D eigenvalue weighted by molar-refractivity contribution is 6.02. The number of ketones is 1. The summed E-state index contributed by atoms with van der Waals surface area (Å²) in [7, 11) is 2.07. The van der Waals surface area contributed by atoms with Gasteiger partial charge in [-0.05, 0) is 19.2 Å². The average Bonchev–Trinajstić information content (AvgIpc) is 2.78. The molecule has 0 aliphatic carbocycles. The molecule has 0 N–H and O–H groups in total. The van der Waals surface area contributed by atoms with Crippen LogP contribution in [-0.2, 0) is 4.74 Å². The van der Waals surface area contributed by atoms with Gasteiger partial charge in [0.25, 0.3) is 0 Å². The molecule has 3 rings (SSSR count). The van der Waals surface area contributed by atoms with E-state index in [0.717, 1.165) is 19.7 Å². The number of likely N-dealkylation sites (N-methyl/N-ethyl adjacent to an activating group) is 1. The number of fused-ring (bicyclic) bond motifs is 1. The lowest BCUT2D eigenvalue weighted by atomic mass is 10.1. The Hall–Kier alpha value is -1.59. The molecule has 0 spiro atoms. The quantitative estimate of drug-likeness (QED) is 0.813. The molecule has 0 radical (unpaired) electrons. The van der Waals surface area contributed by atoms with Gasteiger partial charge in [0.15, 0.2) is 6.61 Å². The fourth-order valence-electron chi connectivity index (χ4n) is 2.32. The fraction of sp³-hybridized carbons (Fsp3) is 0.500. The summed E-state index contributed by atoms with van der Waals surface area (Å²) in [5.41, 5.74) is 0.640. The summed E-state index contributed by atoms with van der Waals surface area (Å²) < 4.78 is 16.6. The third kappa shape index (κ3) is 2.72. The van der Waals surface area contributed by atoms with Crippen LogP contribution in [0.4, 0.5) is 0 Å². The highest BCUT2D eigenvalue weighted by Crippen LogP contribution is 2.29. The number of morpholine rings is 1. The number of rotatable bonds is 3. The Labute approximate surface area is 112 Å². The van der Waals surface area contributed by atoms with E-state index in [4.69, 9.17) is 14.2 Å². The van der Waals surface area contributed by atoms with Gasteiger partial charge in [0.05, 0.1) is 12.2 Å². The number of hydrogen-bond donors (Lipinski definition) is 0. The molecule has 1 atom stereocenters. The molecule has 1 fully saturated rings. The van der Waals surface area contributed by atoms with Gasteiger partial charge in [0.2, 0.25) is 5.78 Å². The van der Waals surface area contributed by atoms with Crippen molar-refractivity contribution in [2.24, 2.45) is 0 Å². The second-order valence-corrected chi connectivity index (χ2v) is 4.94. The normalized spacial score (nSPS) is 23.0. The van der Waals surface area contributed by atoms with Gasteiger partial charge in [-0.1, -0.05) is 0 Å². The van der Waals surface area contributed by atoms with E-state index >= 15 is 0 Å². The summed E-state index contributed by atoms with van der Waals surface area (Å²) in [6, 6.07) is 5.33. The van der Waals surface area contributed by atoms with Crippen LogP contribution in [0, 0.1) is 0 Å². The standard InChI is InChI=1S/C14H17NO4/c1-15-4-5-17-11(7-15)8-18-10-2-3-12-13(16)9-19-14(12)6-10/h2-3,6,11H,4-5,7-9H2,1H3. The number of carbonyl (C=O) groups is 1. The van der Waals surface area contributed by atoms with E-state index in [9.17, 15) is 4.79 Å². The first-order valence-electron chi connectivity index (χ1n) is 6.45. The molecular weight excluding hydrogens is 246 g/mol. The third-order valence-corrected chi connectivity index (χ3v) is 3.39. The van der Waals surface area contributed by atoms with Crippen molar-refractivity contribution in [2.75, 3.05) is 40.0 Å². The fourth-order valence-corrected chi connectivity index (χ4v) is 2.32. The first-order chi connectivity index (χ1) is 9.22. The molecule has 1 aromatic carbocycles. The van der Waals surface area contributed by atoms with Gasteiger partial charge in [-0.2, -0.15) is 0 Å². The topological polar surface area (TPSA) is 48.0 Å². The zero-order valence-electron chi connectivity index (χ0n) is 10.9. The molecule has 1 saturated heterocycles. The predicted octanol–water partition coefficient (Wildman–Crippen LogP) is 0.971. The molecule has 2 aliphatic rings. The summed E-state index contributed by atoms with van der Waals surface area (Å²) >= 11 is 0. The van der Waals surface area contributed by atoms with E-state index in [1.54, 1.807) is 18.2 Å². The Morgan fingerprint density at radius 1 is 1.47 bits per heavy atom. The maximum Gasteiger partial charge on any atom is 0.203 e. The summed E-state index contributed by atoms with van der Waals surface area (Å²) in [5.74, 6) is 1.35. The van der Waals surface area contributed by atoms with Crippen LogP contribution in [0.1, 0.15) is 10.4 Å². The van der Waals surface area contributed by atoms with Crippen molar-refractivity contribution < 1.29 is 19.0 Å². The monoisotopic (exact) mass is 263 g/mol. The van der Waals surface area contributed by atoms with Crippen molar-refractivity contribution in [2.45, 2.75) is 6.10 Å². The lowest BCUT2D eigenvalue weighted by Crippen LogP contribution is -2.42. The molecule has 1 unspecified atom stereocenters. The van der Waals surface area contributed by atoms with E-state index in [0.29, 0.717) is 23.7 Å². The van der Waals surface area contributed by atoms with Crippen LogP contribution >= 0.6 is 0 Å². The Kier molecular flexibility index (Phi) is 3.40. The lowest BCUT2D eigenvalue weighted by Gasteiger charge is -2.29. The Bertz CT molecular complexity index is 488. The summed E-state index contributed by atoms with van der Waals surface area (Å²) in [4.78, 5) is 13.7. The maximum atomic E-state index is 11.4. The molecule has 2 aliphatic heterocycles. The van der Waals surface area contributed by atoms with Crippen LogP contribution in [0.3, 0.4) is 0 Å². The number of Topliss-reactive ketones (excluding diaryl/α,β-unsaturated/α-hetero) is 1. The molecular formula is C14H17NO4. The average molecular weight is 263 g/mol. The molecule has 0 bridgehead atoms. The SMILES string of the molecule is CN1CCOC(COc2ccc3c(c2)OCC3=O)C1. The number of hydrogen-bond acceptors (Lipinski definition) is 5.